The number of rotatable bonds is 4. The third kappa shape index (κ3) is 2.81. The highest BCUT2D eigenvalue weighted by Crippen LogP contribution is 2.68. The summed E-state index contributed by atoms with van der Waals surface area (Å²) in [5.41, 5.74) is 4.83. The van der Waals surface area contributed by atoms with Crippen molar-refractivity contribution >= 4 is 23.2 Å². The lowest BCUT2D eigenvalue weighted by molar-refractivity contribution is 0.815. The van der Waals surface area contributed by atoms with Crippen molar-refractivity contribution in [2.75, 3.05) is 0 Å². The van der Waals surface area contributed by atoms with Gasteiger partial charge in [0, 0.05) is 0 Å². The second kappa shape index (κ2) is 5.83. The monoisotopic (exact) mass is 346 g/mol. The van der Waals surface area contributed by atoms with E-state index in [0.29, 0.717) is 11.8 Å². The largest absolute Gasteiger partial charge is 0.133 e. The number of hydrogen-bond donors (Lipinski definition) is 0. The van der Waals surface area contributed by atoms with Gasteiger partial charge in [0.2, 0.25) is 0 Å². The van der Waals surface area contributed by atoms with Gasteiger partial charge in [0.25, 0.3) is 0 Å². The van der Waals surface area contributed by atoms with Crippen molar-refractivity contribution in [1.29, 1.82) is 0 Å². The number of halogens is 2. The van der Waals surface area contributed by atoms with Crippen LogP contribution < -0.4 is 0 Å². The van der Waals surface area contributed by atoms with Crippen molar-refractivity contribution < 1.29 is 0 Å². The first-order valence-corrected chi connectivity index (χ1v) is 9.12. The Labute approximate surface area is 149 Å². The van der Waals surface area contributed by atoms with Gasteiger partial charge in [0.05, 0.1) is 5.41 Å². The molecule has 2 aromatic rings. The van der Waals surface area contributed by atoms with Crippen LogP contribution in [0.2, 0.25) is 0 Å². The van der Waals surface area contributed by atoms with Crippen LogP contribution in [0.5, 0.6) is 0 Å². The number of benzene rings is 2. The van der Waals surface area contributed by atoms with E-state index in [0.717, 1.165) is 6.42 Å². The van der Waals surface area contributed by atoms with Gasteiger partial charge in [-0.1, -0.05) is 76.2 Å². The molecule has 0 N–H and O–H groups in total. The molecule has 0 aliphatic heterocycles. The number of alkyl halides is 2. The predicted molar refractivity (Wildman–Crippen MR) is 101 cm³/mol. The predicted octanol–water partition coefficient (Wildman–Crippen LogP) is 6.80. The molecular weight excluding hydrogens is 323 g/mol. The maximum absolute atomic E-state index is 6.60. The molecule has 0 saturated heterocycles. The smallest absolute Gasteiger partial charge is 0.100 e. The molecule has 0 bridgehead atoms. The molecule has 0 amide bonds. The van der Waals surface area contributed by atoms with Crippen LogP contribution in [0, 0.1) is 0 Å². The van der Waals surface area contributed by atoms with Crippen molar-refractivity contribution in [2.24, 2.45) is 0 Å². The van der Waals surface area contributed by atoms with E-state index in [1.54, 1.807) is 0 Å². The molecule has 0 nitrogen and oxygen atoms in total. The minimum Gasteiger partial charge on any atom is -0.100 e. The van der Waals surface area contributed by atoms with Gasteiger partial charge in [-0.15, -0.1) is 23.2 Å². The fraction of sp³-hybridized carbons (Fsp3) is 0.429. The number of hydrogen-bond acceptors (Lipinski definition) is 0. The van der Waals surface area contributed by atoms with E-state index < -0.39 is 4.33 Å². The van der Waals surface area contributed by atoms with E-state index in [9.17, 15) is 0 Å². The Morgan fingerprint density at radius 3 is 1.22 bits per heavy atom. The first-order chi connectivity index (χ1) is 10.8. The Balaban J connectivity index is 2.01. The summed E-state index contributed by atoms with van der Waals surface area (Å²) in [6, 6.07) is 17.6. The molecule has 0 atom stereocenters. The normalized spacial score (nSPS) is 18.4. The molecule has 0 heterocycles. The zero-order valence-corrected chi connectivity index (χ0v) is 15.7. The molecule has 2 heteroatoms. The Bertz CT molecular complexity index is 627. The maximum atomic E-state index is 6.60. The van der Waals surface area contributed by atoms with E-state index in [2.05, 4.69) is 76.2 Å². The van der Waals surface area contributed by atoms with E-state index >= 15 is 0 Å². The molecule has 0 spiro atoms. The van der Waals surface area contributed by atoms with Gasteiger partial charge in [-0.05, 0) is 40.5 Å². The molecule has 1 fully saturated rings. The fourth-order valence-electron chi connectivity index (χ4n) is 3.39. The minimum absolute atomic E-state index is 0.277. The van der Waals surface area contributed by atoms with E-state index in [1.807, 2.05) is 0 Å². The molecule has 1 aliphatic rings. The van der Waals surface area contributed by atoms with Gasteiger partial charge in [0.15, 0.2) is 0 Å². The first kappa shape index (κ1) is 16.9. The Morgan fingerprint density at radius 2 is 1.00 bits per heavy atom. The van der Waals surface area contributed by atoms with E-state index in [4.69, 9.17) is 23.2 Å². The van der Waals surface area contributed by atoms with Gasteiger partial charge in [-0.25, -0.2) is 0 Å². The first-order valence-electron chi connectivity index (χ1n) is 8.36. The van der Waals surface area contributed by atoms with Crippen molar-refractivity contribution in [1.82, 2.24) is 0 Å². The molecule has 0 radical (unpaired) electrons. The Morgan fingerprint density at radius 1 is 0.696 bits per heavy atom. The summed E-state index contributed by atoms with van der Waals surface area (Å²) >= 11 is 13.2. The summed E-state index contributed by atoms with van der Waals surface area (Å²) < 4.78 is -0.717. The summed E-state index contributed by atoms with van der Waals surface area (Å²) in [4.78, 5) is 0. The van der Waals surface area contributed by atoms with Crippen LogP contribution in [0.15, 0.2) is 48.5 Å². The van der Waals surface area contributed by atoms with Crippen LogP contribution in [0.3, 0.4) is 0 Å². The van der Waals surface area contributed by atoms with E-state index in [-0.39, 0.29) is 5.41 Å². The fourth-order valence-corrected chi connectivity index (χ4v) is 4.22. The minimum atomic E-state index is -0.717. The van der Waals surface area contributed by atoms with Gasteiger partial charge < -0.3 is 0 Å². The summed E-state index contributed by atoms with van der Waals surface area (Å²) in [6.45, 7) is 8.83. The average molecular weight is 347 g/mol. The highest BCUT2D eigenvalue weighted by molar-refractivity contribution is 6.52. The van der Waals surface area contributed by atoms with Crippen molar-refractivity contribution in [3.8, 4) is 0 Å². The van der Waals surface area contributed by atoms with Crippen LogP contribution >= 0.6 is 23.2 Å². The molecule has 1 saturated carbocycles. The second-order valence-corrected chi connectivity index (χ2v) is 8.82. The molecule has 3 rings (SSSR count). The van der Waals surface area contributed by atoms with Crippen LogP contribution in [-0.2, 0) is 5.41 Å². The van der Waals surface area contributed by atoms with Gasteiger partial charge in [0.1, 0.15) is 4.33 Å². The lowest BCUT2D eigenvalue weighted by Gasteiger charge is -2.21. The van der Waals surface area contributed by atoms with Crippen LogP contribution in [0.25, 0.3) is 0 Å². The van der Waals surface area contributed by atoms with E-state index in [1.165, 1.54) is 22.3 Å². The van der Waals surface area contributed by atoms with Crippen molar-refractivity contribution in [3.05, 3.63) is 70.8 Å². The molecule has 122 valence electrons. The average Bonchev–Trinajstić information content (AvgIpc) is 3.11. The molecular formula is C21H24Cl2. The van der Waals surface area contributed by atoms with Crippen LogP contribution in [-0.4, -0.2) is 4.33 Å². The lowest BCUT2D eigenvalue weighted by atomic mass is 9.85. The van der Waals surface area contributed by atoms with Crippen LogP contribution in [0.1, 0.15) is 68.2 Å². The van der Waals surface area contributed by atoms with Crippen molar-refractivity contribution in [3.63, 3.8) is 0 Å². The highest BCUT2D eigenvalue weighted by atomic mass is 35.5. The maximum Gasteiger partial charge on any atom is 0.133 e. The van der Waals surface area contributed by atoms with Crippen molar-refractivity contribution in [2.45, 2.75) is 55.7 Å². The standard InChI is InChI=1S/C21H24Cl2/c1-14(2)16-5-9-18(10-6-16)20(13-21(20,22)23)19-11-7-17(8-12-19)15(3)4/h5-12,14-15H,13H2,1-4H3. The molecule has 23 heavy (non-hydrogen) atoms. The summed E-state index contributed by atoms with van der Waals surface area (Å²) in [6.07, 6.45) is 0.769. The molecule has 0 aromatic heterocycles. The third-order valence-corrected chi connectivity index (χ3v) is 6.04. The quantitative estimate of drug-likeness (QED) is 0.534. The SMILES string of the molecule is CC(C)c1ccc(C2(c3ccc(C(C)C)cc3)CC2(Cl)Cl)cc1. The Kier molecular flexibility index (Phi) is 4.27. The summed E-state index contributed by atoms with van der Waals surface area (Å²) in [5, 5.41) is 0. The Hall–Kier alpha value is -0.980. The third-order valence-electron chi connectivity index (χ3n) is 5.13. The topological polar surface area (TPSA) is 0 Å². The molecule has 0 unspecified atom stereocenters. The summed E-state index contributed by atoms with van der Waals surface area (Å²) in [7, 11) is 0. The van der Waals surface area contributed by atoms with Gasteiger partial charge in [-0.2, -0.15) is 0 Å². The second-order valence-electron chi connectivity index (χ2n) is 7.34. The van der Waals surface area contributed by atoms with Gasteiger partial charge in [-0.3, -0.25) is 0 Å². The molecule has 2 aromatic carbocycles. The lowest BCUT2D eigenvalue weighted by Crippen LogP contribution is -2.17. The van der Waals surface area contributed by atoms with Gasteiger partial charge >= 0.3 is 0 Å². The molecule has 1 aliphatic carbocycles. The zero-order chi connectivity index (χ0) is 16.8. The summed E-state index contributed by atoms with van der Waals surface area (Å²) in [5.74, 6) is 1.06. The van der Waals surface area contributed by atoms with Crippen LogP contribution in [0.4, 0.5) is 0 Å². The highest BCUT2D eigenvalue weighted by Gasteiger charge is 2.68. The zero-order valence-electron chi connectivity index (χ0n) is 14.2.